The van der Waals surface area contributed by atoms with Crippen LogP contribution in [0.15, 0.2) is 50.5 Å². The van der Waals surface area contributed by atoms with Crippen molar-refractivity contribution >= 4 is 32.8 Å². The van der Waals surface area contributed by atoms with E-state index in [-0.39, 0.29) is 0 Å². The maximum atomic E-state index is 12.2. The maximum absolute atomic E-state index is 12.2. The first-order valence-electron chi connectivity index (χ1n) is 6.94. The molecule has 4 rings (SSSR count). The number of hydrogen-bond donors (Lipinski definition) is 0. The number of rotatable bonds is 0. The van der Waals surface area contributed by atoms with Crippen LogP contribution in [-0.4, -0.2) is 9.97 Å². The lowest BCUT2D eigenvalue weighted by atomic mass is 10.1. The van der Waals surface area contributed by atoms with Gasteiger partial charge in [-0.15, -0.1) is 0 Å². The van der Waals surface area contributed by atoms with Crippen LogP contribution in [0.4, 0.5) is 0 Å². The number of hydrogen-bond acceptors (Lipinski definition) is 10. The minimum absolute atomic E-state index is 0.501. The molecule has 0 spiro atoms. The Morgan fingerprint density at radius 2 is 0.846 bits per heavy atom. The third-order valence-electron chi connectivity index (χ3n) is 3.96. The second kappa shape index (κ2) is 4.72. The average Bonchev–Trinajstić information content (AvgIpc) is 2.63. The van der Waals surface area contributed by atoms with Gasteiger partial charge in [-0.25, -0.2) is 9.97 Å². The summed E-state index contributed by atoms with van der Waals surface area (Å²) in [5.41, 5.74) is -13.4. The van der Waals surface area contributed by atoms with Crippen LogP contribution in [0.2, 0.25) is 0 Å². The first-order chi connectivity index (χ1) is 12.2. The summed E-state index contributed by atoms with van der Waals surface area (Å²) in [6, 6.07) is 1.78. The minimum Gasteiger partial charge on any atom is -0.287 e. The molecule has 0 atom stereocenters. The Bertz CT molecular complexity index is 1740. The highest BCUT2D eigenvalue weighted by molar-refractivity contribution is 6.05. The van der Waals surface area contributed by atoms with E-state index in [0.717, 1.165) is 12.1 Å². The standard InChI is InChI=1S/C16H2N2O8/c19-3-1-2-4(20)8-7(3)17-9-5-6(12(22)14(24)10(9)18-8)13(23)16(26)15(25)11(5)21/h1-2H. The summed E-state index contributed by atoms with van der Waals surface area (Å²) in [6.45, 7) is 0. The zero-order valence-electron chi connectivity index (χ0n) is 12.3. The Morgan fingerprint density at radius 1 is 0.423 bits per heavy atom. The molecule has 0 radical (unpaired) electrons. The topological polar surface area (TPSA) is 162 Å². The van der Waals surface area contributed by atoms with Crippen molar-refractivity contribution in [2.24, 2.45) is 0 Å². The molecule has 0 N–H and O–H groups in total. The molecular formula is C16H2N2O8. The first-order valence-corrected chi connectivity index (χ1v) is 6.94. The molecule has 0 aliphatic rings. The van der Waals surface area contributed by atoms with Gasteiger partial charge in [0.05, 0.1) is 10.8 Å². The molecule has 1 aromatic heterocycles. The lowest BCUT2D eigenvalue weighted by Crippen LogP contribution is -2.49. The van der Waals surface area contributed by atoms with Gasteiger partial charge in [-0.3, -0.25) is 38.4 Å². The van der Waals surface area contributed by atoms with Crippen LogP contribution in [0.5, 0.6) is 0 Å². The summed E-state index contributed by atoms with van der Waals surface area (Å²) in [7, 11) is 0. The van der Waals surface area contributed by atoms with Crippen molar-refractivity contribution < 1.29 is 0 Å². The van der Waals surface area contributed by atoms with Crippen molar-refractivity contribution in [3.05, 3.63) is 93.9 Å². The molecule has 3 aromatic carbocycles. The van der Waals surface area contributed by atoms with Crippen LogP contribution in [0.1, 0.15) is 0 Å². The van der Waals surface area contributed by atoms with Crippen LogP contribution in [0, 0.1) is 0 Å². The van der Waals surface area contributed by atoms with E-state index >= 15 is 0 Å². The van der Waals surface area contributed by atoms with E-state index in [1.807, 2.05) is 0 Å². The van der Waals surface area contributed by atoms with Gasteiger partial charge in [-0.2, -0.15) is 0 Å². The summed E-state index contributed by atoms with van der Waals surface area (Å²) < 4.78 is 0. The minimum atomic E-state index is -1.74. The highest BCUT2D eigenvalue weighted by Gasteiger charge is 2.23. The molecule has 26 heavy (non-hydrogen) atoms. The summed E-state index contributed by atoms with van der Waals surface area (Å²) in [5.74, 6) is 0. The summed E-state index contributed by atoms with van der Waals surface area (Å²) in [4.78, 5) is 103. The predicted molar refractivity (Wildman–Crippen MR) is 89.5 cm³/mol. The number of fused-ring (bicyclic) bond motifs is 4. The fourth-order valence-corrected chi connectivity index (χ4v) is 2.74. The molecule has 0 fully saturated rings. The first kappa shape index (κ1) is 15.4. The maximum Gasteiger partial charge on any atom is 0.277 e. The molecule has 10 heteroatoms. The van der Waals surface area contributed by atoms with Gasteiger partial charge in [0.15, 0.2) is 0 Å². The van der Waals surface area contributed by atoms with Gasteiger partial charge in [-0.05, 0) is 12.1 Å². The largest absolute Gasteiger partial charge is 0.287 e. The van der Waals surface area contributed by atoms with Crippen molar-refractivity contribution in [1.29, 1.82) is 0 Å². The lowest BCUT2D eigenvalue weighted by Gasteiger charge is -2.01. The Morgan fingerprint density at radius 3 is 1.38 bits per heavy atom. The summed E-state index contributed by atoms with van der Waals surface area (Å²) >= 11 is 0. The van der Waals surface area contributed by atoms with Crippen molar-refractivity contribution in [2.45, 2.75) is 0 Å². The molecule has 0 bridgehead atoms. The van der Waals surface area contributed by atoms with Gasteiger partial charge < -0.3 is 0 Å². The fourth-order valence-electron chi connectivity index (χ4n) is 2.74. The smallest absolute Gasteiger partial charge is 0.277 e. The molecule has 124 valence electrons. The van der Waals surface area contributed by atoms with Crippen LogP contribution in [0.25, 0.3) is 32.8 Å². The normalized spacial score (nSPS) is 11.5. The van der Waals surface area contributed by atoms with E-state index in [0.29, 0.717) is 0 Å². The molecular weight excluding hydrogens is 348 g/mol. The molecule has 0 saturated carbocycles. The zero-order chi connectivity index (χ0) is 18.9. The Balaban J connectivity index is 2.60. The summed E-state index contributed by atoms with van der Waals surface area (Å²) in [6.07, 6.45) is 0. The van der Waals surface area contributed by atoms with Gasteiger partial charge >= 0.3 is 0 Å². The van der Waals surface area contributed by atoms with Crippen LogP contribution >= 0.6 is 0 Å². The van der Waals surface area contributed by atoms with Gasteiger partial charge in [0.2, 0.25) is 27.1 Å². The highest BCUT2D eigenvalue weighted by Crippen LogP contribution is 2.12. The van der Waals surface area contributed by atoms with Gasteiger partial charge in [0.25, 0.3) is 16.3 Å². The van der Waals surface area contributed by atoms with E-state index < -0.39 is 76.3 Å². The molecule has 0 aliphatic heterocycles. The molecule has 0 unspecified atom stereocenters. The monoisotopic (exact) mass is 350 g/mol. The second-order valence-corrected chi connectivity index (χ2v) is 5.40. The van der Waals surface area contributed by atoms with Crippen molar-refractivity contribution in [3.8, 4) is 0 Å². The quantitative estimate of drug-likeness (QED) is 0.177. The SMILES string of the molecule is O=c1c(=O)c(=O)c2c(c1=O)c(=O)c(=O)c1nc3c(=O)ccc(=O)c3nc12. The van der Waals surface area contributed by atoms with Crippen LogP contribution in [0.3, 0.4) is 0 Å². The third-order valence-corrected chi connectivity index (χ3v) is 3.96. The van der Waals surface area contributed by atoms with E-state index in [1.54, 1.807) is 0 Å². The average molecular weight is 350 g/mol. The molecule has 10 nitrogen and oxygen atoms in total. The highest BCUT2D eigenvalue weighted by atomic mass is 16.2. The van der Waals surface area contributed by atoms with Crippen LogP contribution in [-0.2, 0) is 0 Å². The molecule has 0 saturated heterocycles. The van der Waals surface area contributed by atoms with Crippen molar-refractivity contribution in [1.82, 2.24) is 9.97 Å². The lowest BCUT2D eigenvalue weighted by molar-refractivity contribution is 1.32. The van der Waals surface area contributed by atoms with Gasteiger partial charge in [-0.1, -0.05) is 0 Å². The van der Waals surface area contributed by atoms with Gasteiger partial charge in [0.1, 0.15) is 22.1 Å². The Kier molecular flexibility index (Phi) is 2.81. The van der Waals surface area contributed by atoms with E-state index in [1.165, 1.54) is 0 Å². The zero-order valence-corrected chi connectivity index (χ0v) is 12.3. The van der Waals surface area contributed by atoms with Crippen molar-refractivity contribution in [3.63, 3.8) is 0 Å². The predicted octanol–water partition coefficient (Wildman–Crippen LogP) is -3.43. The Labute approximate surface area is 137 Å². The van der Waals surface area contributed by atoms with Crippen molar-refractivity contribution in [2.75, 3.05) is 0 Å². The third kappa shape index (κ3) is 1.69. The van der Waals surface area contributed by atoms with E-state index in [9.17, 15) is 38.4 Å². The number of benzene rings is 3. The summed E-state index contributed by atoms with van der Waals surface area (Å²) in [5, 5.41) is -1.93. The number of aromatic nitrogens is 2. The van der Waals surface area contributed by atoms with Crippen LogP contribution < -0.4 is 43.4 Å². The number of nitrogens with zero attached hydrogens (tertiary/aromatic N) is 2. The second-order valence-electron chi connectivity index (χ2n) is 5.40. The van der Waals surface area contributed by atoms with Gasteiger partial charge in [0, 0.05) is 0 Å². The molecule has 0 aliphatic carbocycles. The molecule has 0 amide bonds. The molecule has 4 aromatic rings. The molecule has 1 heterocycles. The Hall–Kier alpha value is -4.08. The van der Waals surface area contributed by atoms with E-state index in [2.05, 4.69) is 9.97 Å². The van der Waals surface area contributed by atoms with E-state index in [4.69, 9.17) is 0 Å². The fraction of sp³-hybridized carbons (Fsp3) is 0.